The van der Waals surface area contributed by atoms with E-state index in [0.29, 0.717) is 25.1 Å². The Balaban J connectivity index is 2.38. The summed E-state index contributed by atoms with van der Waals surface area (Å²) in [7, 11) is -2.91. The van der Waals surface area contributed by atoms with Crippen LogP contribution < -0.4 is 5.32 Å². The Morgan fingerprint density at radius 3 is 2.53 bits per heavy atom. The molecule has 5 nitrogen and oxygen atoms in total. The van der Waals surface area contributed by atoms with Crippen molar-refractivity contribution in [3.05, 3.63) is 0 Å². The van der Waals surface area contributed by atoms with Crippen LogP contribution in [0.25, 0.3) is 0 Å². The summed E-state index contributed by atoms with van der Waals surface area (Å²) in [6.07, 6.45) is 1.81. The van der Waals surface area contributed by atoms with Crippen molar-refractivity contribution >= 4 is 15.9 Å². The lowest BCUT2D eigenvalue weighted by molar-refractivity contribution is 0.0521. The van der Waals surface area contributed by atoms with Gasteiger partial charge in [0, 0.05) is 6.54 Å². The molecule has 1 atom stereocenters. The van der Waals surface area contributed by atoms with Crippen LogP contribution in [0.1, 0.15) is 47.0 Å². The highest BCUT2D eigenvalue weighted by Gasteiger charge is 2.34. The monoisotopic (exact) mass is 291 g/mol. The maximum absolute atomic E-state index is 11.6. The third-order valence-corrected chi connectivity index (χ3v) is 5.25. The quantitative estimate of drug-likeness (QED) is 0.864. The normalized spacial score (nSPS) is 26.7. The van der Waals surface area contributed by atoms with Gasteiger partial charge in [0.05, 0.1) is 11.5 Å². The molecule has 6 heteroatoms. The minimum Gasteiger partial charge on any atom is -0.444 e. The summed E-state index contributed by atoms with van der Waals surface area (Å²) in [5.41, 5.74) is -0.742. The molecule has 0 bridgehead atoms. The average molecular weight is 291 g/mol. The second-order valence-corrected chi connectivity index (χ2v) is 8.87. The van der Waals surface area contributed by atoms with E-state index in [1.165, 1.54) is 0 Å². The van der Waals surface area contributed by atoms with Gasteiger partial charge in [-0.1, -0.05) is 6.92 Å². The Labute approximate surface area is 116 Å². The zero-order valence-corrected chi connectivity index (χ0v) is 13.1. The first-order valence-electron chi connectivity index (χ1n) is 6.69. The first-order valence-corrected chi connectivity index (χ1v) is 8.51. The number of alkyl carbamates (subject to hydrolysis) is 1. The van der Waals surface area contributed by atoms with Crippen molar-refractivity contribution in [2.24, 2.45) is 5.41 Å². The molecule has 1 aliphatic rings. The first kappa shape index (κ1) is 16.3. The largest absolute Gasteiger partial charge is 0.444 e. The molecule has 1 heterocycles. The van der Waals surface area contributed by atoms with Gasteiger partial charge in [0.1, 0.15) is 5.60 Å². The van der Waals surface area contributed by atoms with Gasteiger partial charge >= 0.3 is 6.09 Å². The van der Waals surface area contributed by atoms with Crippen molar-refractivity contribution < 1.29 is 17.9 Å². The van der Waals surface area contributed by atoms with Crippen molar-refractivity contribution in [1.82, 2.24) is 5.32 Å². The number of carbonyl (C=O) groups excluding carboxylic acids is 1. The van der Waals surface area contributed by atoms with E-state index in [4.69, 9.17) is 4.74 Å². The van der Waals surface area contributed by atoms with E-state index in [0.717, 1.165) is 6.42 Å². The fourth-order valence-electron chi connectivity index (χ4n) is 2.37. The van der Waals surface area contributed by atoms with E-state index in [9.17, 15) is 13.2 Å². The van der Waals surface area contributed by atoms with E-state index in [1.807, 2.05) is 27.7 Å². The highest BCUT2D eigenvalue weighted by molar-refractivity contribution is 7.91. The van der Waals surface area contributed by atoms with Crippen molar-refractivity contribution in [3.8, 4) is 0 Å². The summed E-state index contributed by atoms with van der Waals surface area (Å²) in [5, 5.41) is 2.68. The third kappa shape index (κ3) is 6.27. The minimum absolute atomic E-state index is 0.218. The summed E-state index contributed by atoms with van der Waals surface area (Å²) in [5.74, 6) is 0.512. The molecule has 0 radical (unpaired) electrons. The summed E-state index contributed by atoms with van der Waals surface area (Å²) < 4.78 is 28.4. The second kappa shape index (κ2) is 5.69. The zero-order valence-electron chi connectivity index (χ0n) is 12.3. The summed E-state index contributed by atoms with van der Waals surface area (Å²) in [6, 6.07) is 0. The third-order valence-electron chi connectivity index (χ3n) is 3.20. The van der Waals surface area contributed by atoms with Crippen molar-refractivity contribution in [1.29, 1.82) is 0 Å². The Morgan fingerprint density at radius 2 is 2.00 bits per heavy atom. The summed E-state index contributed by atoms with van der Waals surface area (Å²) >= 11 is 0. The van der Waals surface area contributed by atoms with Crippen LogP contribution in [0.2, 0.25) is 0 Å². The van der Waals surface area contributed by atoms with Crippen LogP contribution >= 0.6 is 0 Å². The summed E-state index contributed by atoms with van der Waals surface area (Å²) in [4.78, 5) is 11.5. The smallest absolute Gasteiger partial charge is 0.407 e. The van der Waals surface area contributed by atoms with Gasteiger partial charge in [0.25, 0.3) is 0 Å². The van der Waals surface area contributed by atoms with Crippen molar-refractivity contribution in [3.63, 3.8) is 0 Å². The van der Waals surface area contributed by atoms with Gasteiger partial charge in [0.15, 0.2) is 9.84 Å². The molecule has 1 amide bonds. The molecular formula is C13H25NO4S. The molecule has 0 aromatic heterocycles. The number of nitrogens with one attached hydrogen (secondary N) is 1. The Kier molecular flexibility index (Phi) is 4.87. The number of ether oxygens (including phenoxy) is 1. The predicted octanol–water partition coefficient (Wildman–Crippen LogP) is 2.12. The molecule has 112 valence electrons. The highest BCUT2D eigenvalue weighted by atomic mass is 32.2. The van der Waals surface area contributed by atoms with Crippen LogP contribution in [0.5, 0.6) is 0 Å². The standard InChI is InChI=1S/C13H25NO4S/c1-12(2,3)18-11(15)14-8-7-13(4)6-5-9-19(16,17)10-13/h5-10H2,1-4H3,(H,14,15). The van der Waals surface area contributed by atoms with E-state index < -0.39 is 21.5 Å². The lowest BCUT2D eigenvalue weighted by Gasteiger charge is -2.33. The molecular weight excluding hydrogens is 266 g/mol. The lowest BCUT2D eigenvalue weighted by Crippen LogP contribution is -2.38. The predicted molar refractivity (Wildman–Crippen MR) is 74.8 cm³/mol. The average Bonchev–Trinajstić information content (AvgIpc) is 2.11. The number of rotatable bonds is 3. The van der Waals surface area contributed by atoms with Crippen LogP contribution in [0.4, 0.5) is 4.79 Å². The molecule has 1 rings (SSSR count). The van der Waals surface area contributed by atoms with E-state index in [-0.39, 0.29) is 11.2 Å². The molecule has 1 N–H and O–H groups in total. The second-order valence-electron chi connectivity index (χ2n) is 6.68. The molecule has 0 saturated carbocycles. The van der Waals surface area contributed by atoms with Gasteiger partial charge in [-0.15, -0.1) is 0 Å². The molecule has 1 aliphatic heterocycles. The SMILES string of the molecule is CC1(CCNC(=O)OC(C)(C)C)CCCS(=O)(=O)C1. The maximum atomic E-state index is 11.6. The molecule has 1 saturated heterocycles. The number of hydrogen-bond donors (Lipinski definition) is 1. The molecule has 0 aromatic carbocycles. The van der Waals surface area contributed by atoms with Crippen LogP contribution in [0.3, 0.4) is 0 Å². The number of amides is 1. The van der Waals surface area contributed by atoms with E-state index >= 15 is 0 Å². The molecule has 0 aromatic rings. The fourth-order valence-corrected chi connectivity index (χ4v) is 4.45. The van der Waals surface area contributed by atoms with Crippen LogP contribution in [-0.2, 0) is 14.6 Å². The highest BCUT2D eigenvalue weighted by Crippen LogP contribution is 2.33. The number of carbonyl (C=O) groups is 1. The Morgan fingerprint density at radius 1 is 1.37 bits per heavy atom. The molecule has 0 aliphatic carbocycles. The van der Waals surface area contributed by atoms with Gasteiger partial charge < -0.3 is 10.1 Å². The topological polar surface area (TPSA) is 72.5 Å². The first-order chi connectivity index (χ1) is 8.52. The Bertz CT molecular complexity index is 424. The van der Waals surface area contributed by atoms with E-state index in [1.54, 1.807) is 0 Å². The van der Waals surface area contributed by atoms with Crippen molar-refractivity contribution in [2.45, 2.75) is 52.6 Å². The minimum atomic E-state index is -2.91. The molecule has 0 spiro atoms. The molecule has 1 unspecified atom stereocenters. The van der Waals surface area contributed by atoms with Crippen LogP contribution in [0.15, 0.2) is 0 Å². The fraction of sp³-hybridized carbons (Fsp3) is 0.923. The number of hydrogen-bond acceptors (Lipinski definition) is 4. The molecule has 19 heavy (non-hydrogen) atoms. The molecule has 1 fully saturated rings. The Hall–Kier alpha value is -0.780. The number of sulfone groups is 1. The van der Waals surface area contributed by atoms with Gasteiger partial charge in [-0.3, -0.25) is 0 Å². The zero-order chi connectivity index (χ0) is 14.7. The van der Waals surface area contributed by atoms with Gasteiger partial charge in [0.2, 0.25) is 0 Å². The summed E-state index contributed by atoms with van der Waals surface area (Å²) in [6.45, 7) is 7.84. The van der Waals surface area contributed by atoms with Gasteiger partial charge in [-0.25, -0.2) is 13.2 Å². The van der Waals surface area contributed by atoms with E-state index in [2.05, 4.69) is 5.32 Å². The van der Waals surface area contributed by atoms with Crippen molar-refractivity contribution in [2.75, 3.05) is 18.1 Å². The van der Waals surface area contributed by atoms with Crippen LogP contribution in [-0.4, -0.2) is 38.2 Å². The maximum Gasteiger partial charge on any atom is 0.407 e. The van der Waals surface area contributed by atoms with Gasteiger partial charge in [-0.05, 0) is 45.4 Å². The lowest BCUT2D eigenvalue weighted by atomic mass is 9.84. The van der Waals surface area contributed by atoms with Gasteiger partial charge in [-0.2, -0.15) is 0 Å². The van der Waals surface area contributed by atoms with Crippen LogP contribution in [0, 0.1) is 5.41 Å².